The Morgan fingerprint density at radius 3 is 2.71 bits per heavy atom. The van der Waals surface area contributed by atoms with Crippen LogP contribution in [0.1, 0.15) is 12.8 Å². The Bertz CT molecular complexity index is 282. The highest BCUT2D eigenvalue weighted by molar-refractivity contribution is 6.35. The van der Waals surface area contributed by atoms with Gasteiger partial charge < -0.3 is 9.80 Å². The van der Waals surface area contributed by atoms with Gasteiger partial charge in [0.2, 0.25) is 0 Å². The number of carbonyl (C=O) groups excluding carboxylic acids is 2. The zero-order valence-corrected chi connectivity index (χ0v) is 8.19. The summed E-state index contributed by atoms with van der Waals surface area (Å²) >= 11 is 0. The number of likely N-dealkylation sites (N-methyl/N-ethyl adjacent to an activating group) is 1. The van der Waals surface area contributed by atoms with E-state index in [-0.39, 0.29) is 0 Å². The quantitative estimate of drug-likeness (QED) is 0.454. The van der Waals surface area contributed by atoms with Crippen LogP contribution in [0.15, 0.2) is 0 Å². The van der Waals surface area contributed by atoms with E-state index in [1.54, 1.807) is 7.05 Å². The zero-order chi connectivity index (χ0) is 10.6. The van der Waals surface area contributed by atoms with Crippen molar-refractivity contribution in [2.24, 2.45) is 0 Å². The predicted octanol–water partition coefficient (Wildman–Crippen LogP) is -0.409. The lowest BCUT2D eigenvalue weighted by Gasteiger charge is -2.31. The molecule has 0 bridgehead atoms. The third-order valence-corrected chi connectivity index (χ3v) is 2.24. The highest BCUT2D eigenvalue weighted by Gasteiger charge is 2.29. The first kappa shape index (κ1) is 10.5. The van der Waals surface area contributed by atoms with Gasteiger partial charge in [-0.1, -0.05) is 0 Å². The number of hydrogen-bond acceptors (Lipinski definition) is 3. The van der Waals surface area contributed by atoms with Crippen molar-refractivity contribution >= 4 is 11.8 Å². The summed E-state index contributed by atoms with van der Waals surface area (Å²) in [7, 11) is 1.62. The van der Waals surface area contributed by atoms with Gasteiger partial charge in [-0.05, 0) is 6.42 Å². The van der Waals surface area contributed by atoms with Crippen LogP contribution < -0.4 is 0 Å². The Hall–Kier alpha value is -1.57. The maximum Gasteiger partial charge on any atom is 0.312 e. The van der Waals surface area contributed by atoms with E-state index < -0.39 is 11.8 Å². The molecule has 5 heteroatoms. The summed E-state index contributed by atoms with van der Waals surface area (Å²) in [6.45, 7) is 1.66. The average molecular weight is 195 g/mol. The van der Waals surface area contributed by atoms with Crippen molar-refractivity contribution < 1.29 is 9.59 Å². The van der Waals surface area contributed by atoms with Crippen molar-refractivity contribution in [3.63, 3.8) is 0 Å². The first-order chi connectivity index (χ1) is 6.66. The topological polar surface area (TPSA) is 64.4 Å². The van der Waals surface area contributed by atoms with Crippen LogP contribution >= 0.6 is 0 Å². The maximum atomic E-state index is 11.4. The zero-order valence-electron chi connectivity index (χ0n) is 8.19. The molecule has 0 atom stereocenters. The third-order valence-electron chi connectivity index (χ3n) is 2.24. The molecule has 0 aromatic heterocycles. The van der Waals surface area contributed by atoms with Crippen LogP contribution in [-0.2, 0) is 9.59 Å². The molecule has 1 saturated heterocycles. The number of carbonyl (C=O) groups is 2. The summed E-state index contributed by atoms with van der Waals surface area (Å²) in [6.07, 6.45) is 1.06. The maximum absolute atomic E-state index is 11.4. The molecule has 1 rings (SSSR count). The summed E-state index contributed by atoms with van der Waals surface area (Å²) in [5.41, 5.74) is 0. The van der Waals surface area contributed by atoms with Crippen molar-refractivity contribution in [1.82, 2.24) is 9.80 Å². The average Bonchev–Trinajstić information content (AvgIpc) is 2.18. The van der Waals surface area contributed by atoms with E-state index in [0.29, 0.717) is 32.5 Å². The Balaban J connectivity index is 2.44. The van der Waals surface area contributed by atoms with E-state index >= 15 is 0 Å². The normalized spacial score (nSPS) is 17.1. The first-order valence-corrected chi connectivity index (χ1v) is 4.58. The van der Waals surface area contributed by atoms with Gasteiger partial charge in [0.25, 0.3) is 0 Å². The van der Waals surface area contributed by atoms with Crippen molar-refractivity contribution in [1.29, 1.82) is 5.26 Å². The van der Waals surface area contributed by atoms with Gasteiger partial charge in [0, 0.05) is 33.1 Å². The lowest BCUT2D eigenvalue weighted by Crippen LogP contribution is -2.52. The van der Waals surface area contributed by atoms with Crippen LogP contribution in [0.2, 0.25) is 0 Å². The van der Waals surface area contributed by atoms with E-state index in [2.05, 4.69) is 0 Å². The molecule has 0 aromatic carbocycles. The number of nitrogens with zero attached hydrogens (tertiary/aromatic N) is 3. The molecule has 0 N–H and O–H groups in total. The molecular formula is C9H13N3O2. The Morgan fingerprint density at radius 2 is 2.07 bits per heavy atom. The van der Waals surface area contributed by atoms with Gasteiger partial charge in [-0.2, -0.15) is 5.26 Å². The second kappa shape index (κ2) is 4.61. The molecule has 0 aliphatic carbocycles. The molecule has 0 unspecified atom stereocenters. The Kier molecular flexibility index (Phi) is 3.46. The smallest absolute Gasteiger partial charge is 0.312 e. The lowest BCUT2D eigenvalue weighted by molar-refractivity contribution is -0.154. The molecule has 1 heterocycles. The fourth-order valence-corrected chi connectivity index (χ4v) is 1.33. The molecule has 1 fully saturated rings. The number of hydrogen-bond donors (Lipinski definition) is 0. The number of piperazine rings is 1. The first-order valence-electron chi connectivity index (χ1n) is 4.58. The number of unbranched alkanes of at least 4 members (excludes halogenated alkanes) is 1. The van der Waals surface area contributed by atoms with Gasteiger partial charge in [0.15, 0.2) is 0 Å². The van der Waals surface area contributed by atoms with Crippen molar-refractivity contribution in [3.05, 3.63) is 0 Å². The molecule has 0 aromatic rings. The van der Waals surface area contributed by atoms with Gasteiger partial charge in [0.1, 0.15) is 0 Å². The summed E-state index contributed by atoms with van der Waals surface area (Å²) in [5, 5.41) is 8.33. The molecule has 0 radical (unpaired) electrons. The largest absolute Gasteiger partial charge is 0.336 e. The Labute approximate surface area is 82.9 Å². The van der Waals surface area contributed by atoms with Crippen molar-refractivity contribution in [2.75, 3.05) is 26.7 Å². The van der Waals surface area contributed by atoms with Gasteiger partial charge in [-0.3, -0.25) is 9.59 Å². The summed E-state index contributed by atoms with van der Waals surface area (Å²) < 4.78 is 0. The third kappa shape index (κ3) is 2.22. The van der Waals surface area contributed by atoms with Crippen LogP contribution in [0.25, 0.3) is 0 Å². The minimum absolute atomic E-state index is 0.424. The van der Waals surface area contributed by atoms with Crippen molar-refractivity contribution in [3.8, 4) is 6.07 Å². The van der Waals surface area contributed by atoms with Crippen LogP contribution in [-0.4, -0.2) is 48.3 Å². The number of amides is 2. The van der Waals surface area contributed by atoms with Crippen LogP contribution in [0.3, 0.4) is 0 Å². The second-order valence-corrected chi connectivity index (χ2v) is 3.28. The molecule has 0 saturated carbocycles. The molecular weight excluding hydrogens is 182 g/mol. The highest BCUT2D eigenvalue weighted by Crippen LogP contribution is 2.04. The van der Waals surface area contributed by atoms with Crippen molar-refractivity contribution in [2.45, 2.75) is 12.8 Å². The van der Waals surface area contributed by atoms with Gasteiger partial charge in [-0.25, -0.2) is 0 Å². The fourth-order valence-electron chi connectivity index (χ4n) is 1.33. The number of nitriles is 1. The van der Waals surface area contributed by atoms with E-state index in [9.17, 15) is 9.59 Å². The highest BCUT2D eigenvalue weighted by atomic mass is 16.2. The summed E-state index contributed by atoms with van der Waals surface area (Å²) in [6, 6.07) is 2.01. The lowest BCUT2D eigenvalue weighted by atomic mass is 10.2. The minimum atomic E-state index is -0.451. The van der Waals surface area contributed by atoms with Gasteiger partial charge in [-0.15, -0.1) is 0 Å². The summed E-state index contributed by atoms with van der Waals surface area (Å²) in [5.74, 6) is -0.898. The molecule has 1 aliphatic rings. The SMILES string of the molecule is CN1CCN(CCCC#N)C(=O)C1=O. The Morgan fingerprint density at radius 1 is 1.36 bits per heavy atom. The standard InChI is InChI=1S/C9H13N3O2/c1-11-6-7-12(5-3-2-4-10)9(14)8(11)13/h2-3,5-7H2,1H3. The van der Waals surface area contributed by atoms with E-state index in [4.69, 9.17) is 5.26 Å². The molecule has 76 valence electrons. The minimum Gasteiger partial charge on any atom is -0.336 e. The van der Waals surface area contributed by atoms with Crippen LogP contribution in [0, 0.1) is 11.3 Å². The molecule has 5 nitrogen and oxygen atoms in total. The molecule has 1 aliphatic heterocycles. The predicted molar refractivity (Wildman–Crippen MR) is 49.1 cm³/mol. The molecule has 14 heavy (non-hydrogen) atoms. The van der Waals surface area contributed by atoms with E-state index in [0.717, 1.165) is 0 Å². The molecule has 0 spiro atoms. The number of rotatable bonds is 3. The van der Waals surface area contributed by atoms with Crippen LogP contribution in [0.5, 0.6) is 0 Å². The summed E-state index contributed by atoms with van der Waals surface area (Å²) in [4.78, 5) is 25.6. The molecule has 2 amide bonds. The monoisotopic (exact) mass is 195 g/mol. The van der Waals surface area contributed by atoms with E-state index in [1.807, 2.05) is 6.07 Å². The van der Waals surface area contributed by atoms with E-state index in [1.165, 1.54) is 9.80 Å². The van der Waals surface area contributed by atoms with Gasteiger partial charge in [0.05, 0.1) is 6.07 Å². The second-order valence-electron chi connectivity index (χ2n) is 3.28. The van der Waals surface area contributed by atoms with Crippen LogP contribution in [0.4, 0.5) is 0 Å². The van der Waals surface area contributed by atoms with Gasteiger partial charge >= 0.3 is 11.8 Å². The fraction of sp³-hybridized carbons (Fsp3) is 0.667.